The van der Waals surface area contributed by atoms with Crippen molar-refractivity contribution < 1.29 is 28.3 Å². The maximum absolute atomic E-state index is 15.5. The van der Waals surface area contributed by atoms with Crippen LogP contribution in [0.4, 0.5) is 20.6 Å². The van der Waals surface area contributed by atoms with E-state index < -0.39 is 29.8 Å². The smallest absolute Gasteiger partial charge is 0.414 e. The third-order valence-corrected chi connectivity index (χ3v) is 6.73. The number of hydrogen-bond donors (Lipinski definition) is 1. The van der Waals surface area contributed by atoms with E-state index in [1.165, 1.54) is 40.3 Å². The van der Waals surface area contributed by atoms with Gasteiger partial charge in [-0.15, -0.1) is 0 Å². The summed E-state index contributed by atoms with van der Waals surface area (Å²) in [6.07, 6.45) is 1.81. The molecule has 4 amide bonds. The van der Waals surface area contributed by atoms with Gasteiger partial charge >= 0.3 is 6.09 Å². The maximum atomic E-state index is 15.5. The Kier molecular flexibility index (Phi) is 8.04. The Morgan fingerprint density at radius 2 is 1.54 bits per heavy atom. The molecule has 2 fully saturated rings. The van der Waals surface area contributed by atoms with Gasteiger partial charge in [0.25, 0.3) is 11.8 Å². The van der Waals surface area contributed by atoms with Gasteiger partial charge in [0.15, 0.2) is 0 Å². The summed E-state index contributed by atoms with van der Waals surface area (Å²) >= 11 is 0. The van der Waals surface area contributed by atoms with Crippen molar-refractivity contribution in [2.24, 2.45) is 0 Å². The highest BCUT2D eigenvalue weighted by Gasteiger charge is 2.35. The first-order chi connectivity index (χ1) is 19.8. The van der Waals surface area contributed by atoms with E-state index in [9.17, 15) is 19.2 Å². The number of hydrazine groups is 1. The zero-order chi connectivity index (χ0) is 28.9. The van der Waals surface area contributed by atoms with Crippen LogP contribution in [0.25, 0.3) is 0 Å². The van der Waals surface area contributed by atoms with Crippen LogP contribution in [0.3, 0.4) is 0 Å². The molecule has 13 heteroatoms. The van der Waals surface area contributed by atoms with E-state index in [-0.39, 0.29) is 62.3 Å². The predicted octanol–water partition coefficient (Wildman–Crippen LogP) is 2.10. The number of benzene rings is 1. The van der Waals surface area contributed by atoms with Crippen LogP contribution in [0.5, 0.6) is 0 Å². The normalized spacial score (nSPS) is 17.2. The number of aromatic nitrogens is 2. The number of carbonyl (C=O) groups is 4. The fourth-order valence-corrected chi connectivity index (χ4v) is 4.71. The second-order valence-electron chi connectivity index (χ2n) is 9.46. The molecular formula is C28H28FN7O5. The van der Waals surface area contributed by atoms with Crippen molar-refractivity contribution in [3.05, 3.63) is 84.2 Å². The maximum Gasteiger partial charge on any atom is 0.414 e. The molecule has 2 saturated heterocycles. The van der Waals surface area contributed by atoms with Gasteiger partial charge in [0.05, 0.1) is 37.6 Å². The number of amides is 4. The number of cyclic esters (lactones) is 1. The zero-order valence-electron chi connectivity index (χ0n) is 22.3. The molecule has 4 heterocycles. The Hall–Kier alpha value is -5.07. The summed E-state index contributed by atoms with van der Waals surface area (Å²) in [5, 5.41) is 5.25. The van der Waals surface area contributed by atoms with Crippen molar-refractivity contribution in [1.29, 1.82) is 0 Å². The van der Waals surface area contributed by atoms with Crippen LogP contribution in [-0.2, 0) is 9.53 Å². The van der Waals surface area contributed by atoms with Crippen molar-refractivity contribution in [2.45, 2.75) is 13.0 Å². The predicted molar refractivity (Wildman–Crippen MR) is 145 cm³/mol. The summed E-state index contributed by atoms with van der Waals surface area (Å²) in [6, 6.07) is 14.3. The van der Waals surface area contributed by atoms with E-state index in [2.05, 4.69) is 15.3 Å². The van der Waals surface area contributed by atoms with Crippen molar-refractivity contribution in [2.75, 3.05) is 49.1 Å². The van der Waals surface area contributed by atoms with Crippen LogP contribution < -0.4 is 15.1 Å². The van der Waals surface area contributed by atoms with Crippen LogP contribution in [0.1, 0.15) is 27.9 Å². The summed E-state index contributed by atoms with van der Waals surface area (Å²) in [4.78, 5) is 61.7. The van der Waals surface area contributed by atoms with Gasteiger partial charge in [-0.1, -0.05) is 12.1 Å². The molecular weight excluding hydrogens is 533 g/mol. The summed E-state index contributed by atoms with van der Waals surface area (Å²) in [7, 11) is 0. The minimum Gasteiger partial charge on any atom is -0.442 e. The lowest BCUT2D eigenvalue weighted by molar-refractivity contribution is -0.119. The Labute approximate surface area is 235 Å². The SMILES string of the molecule is CC(=O)NC[C@H]1CN(c2ccc(N3CCN(C(=O)c4ccccn4)N(C(=O)c4ccccn4)CC3)c(F)c2)C(=O)O1. The van der Waals surface area contributed by atoms with Crippen LogP contribution in [0, 0.1) is 5.82 Å². The van der Waals surface area contributed by atoms with Gasteiger partial charge in [0.1, 0.15) is 23.3 Å². The minimum atomic E-state index is -0.630. The zero-order valence-corrected chi connectivity index (χ0v) is 22.3. The lowest BCUT2D eigenvalue weighted by Gasteiger charge is -2.32. The first-order valence-electron chi connectivity index (χ1n) is 13.0. The Bertz CT molecular complexity index is 1380. The molecule has 0 radical (unpaired) electrons. The van der Waals surface area contributed by atoms with Crippen molar-refractivity contribution >= 4 is 35.2 Å². The third-order valence-electron chi connectivity index (χ3n) is 6.73. The van der Waals surface area contributed by atoms with E-state index >= 15 is 4.39 Å². The molecule has 1 aromatic carbocycles. The first kappa shape index (κ1) is 27.5. The number of carbonyl (C=O) groups excluding carboxylic acids is 4. The second kappa shape index (κ2) is 12.0. The molecule has 212 valence electrons. The molecule has 0 bridgehead atoms. The lowest BCUT2D eigenvalue weighted by atomic mass is 10.2. The second-order valence-corrected chi connectivity index (χ2v) is 9.46. The lowest BCUT2D eigenvalue weighted by Crippen LogP contribution is -2.50. The van der Waals surface area contributed by atoms with E-state index in [0.29, 0.717) is 5.69 Å². The molecule has 2 aromatic heterocycles. The average Bonchev–Trinajstić information content (AvgIpc) is 3.22. The Morgan fingerprint density at radius 3 is 2.05 bits per heavy atom. The topological polar surface area (TPSA) is 128 Å². The summed E-state index contributed by atoms with van der Waals surface area (Å²) in [5.41, 5.74) is 0.915. The van der Waals surface area contributed by atoms with Gasteiger partial charge < -0.3 is 15.0 Å². The highest BCUT2D eigenvalue weighted by molar-refractivity contribution is 5.97. The van der Waals surface area contributed by atoms with Crippen LogP contribution >= 0.6 is 0 Å². The van der Waals surface area contributed by atoms with Crippen LogP contribution in [0.2, 0.25) is 0 Å². The largest absolute Gasteiger partial charge is 0.442 e. The fourth-order valence-electron chi connectivity index (χ4n) is 4.71. The van der Waals surface area contributed by atoms with Gasteiger partial charge in [-0.25, -0.2) is 19.2 Å². The van der Waals surface area contributed by atoms with Crippen LogP contribution in [0.15, 0.2) is 67.0 Å². The molecule has 1 N–H and O–H groups in total. The van der Waals surface area contributed by atoms with E-state index in [1.54, 1.807) is 53.4 Å². The number of halogens is 1. The average molecular weight is 562 g/mol. The van der Waals surface area contributed by atoms with Crippen LogP contribution in [-0.4, -0.2) is 89.2 Å². The molecule has 0 unspecified atom stereocenters. The number of pyridine rings is 2. The molecule has 0 spiro atoms. The fraction of sp³-hybridized carbons (Fsp3) is 0.286. The standard InChI is InChI=1S/C28H28FN7O5/c1-19(37)32-17-21-18-34(28(40)41-21)20-8-9-25(22(29)16-20)33-12-14-35(26(38)23-6-2-4-10-30-23)36(15-13-33)27(39)24-7-3-5-11-31-24/h2-11,16,21H,12-15,17-18H2,1H3,(H,32,37)/t21-/m0/s1. The van der Waals surface area contributed by atoms with E-state index in [0.717, 1.165) is 0 Å². The molecule has 41 heavy (non-hydrogen) atoms. The number of anilines is 2. The number of ether oxygens (including phenoxy) is 1. The van der Waals surface area contributed by atoms with Crippen molar-refractivity contribution in [3.63, 3.8) is 0 Å². The summed E-state index contributed by atoms with van der Waals surface area (Å²) in [6.45, 7) is 2.31. The number of nitrogens with zero attached hydrogens (tertiary/aromatic N) is 6. The monoisotopic (exact) mass is 561 g/mol. The quantitative estimate of drug-likeness (QED) is 0.485. The molecule has 2 aliphatic heterocycles. The first-order valence-corrected chi connectivity index (χ1v) is 13.0. The highest BCUT2D eigenvalue weighted by atomic mass is 19.1. The molecule has 3 aromatic rings. The van der Waals surface area contributed by atoms with Crippen molar-refractivity contribution in [1.82, 2.24) is 25.3 Å². The van der Waals surface area contributed by atoms with Gasteiger partial charge in [-0.05, 0) is 42.5 Å². The molecule has 0 saturated carbocycles. The molecule has 0 aliphatic carbocycles. The minimum absolute atomic E-state index is 0.0818. The third kappa shape index (κ3) is 6.08. The van der Waals surface area contributed by atoms with Gasteiger partial charge in [0, 0.05) is 32.4 Å². The molecule has 12 nitrogen and oxygen atoms in total. The van der Waals surface area contributed by atoms with Gasteiger partial charge in [0.2, 0.25) is 5.91 Å². The molecule has 1 atom stereocenters. The van der Waals surface area contributed by atoms with E-state index in [4.69, 9.17) is 4.74 Å². The van der Waals surface area contributed by atoms with Gasteiger partial charge in [-0.3, -0.25) is 29.3 Å². The highest BCUT2D eigenvalue weighted by Crippen LogP contribution is 2.29. The number of rotatable bonds is 6. The molecule has 5 rings (SSSR count). The van der Waals surface area contributed by atoms with Crippen molar-refractivity contribution in [3.8, 4) is 0 Å². The Balaban J connectivity index is 1.35. The number of nitrogens with one attached hydrogen (secondary N) is 1. The summed E-state index contributed by atoms with van der Waals surface area (Å²) in [5.74, 6) is -1.75. The molecule has 2 aliphatic rings. The van der Waals surface area contributed by atoms with Gasteiger partial charge in [-0.2, -0.15) is 0 Å². The Morgan fingerprint density at radius 1 is 0.927 bits per heavy atom. The summed E-state index contributed by atoms with van der Waals surface area (Å²) < 4.78 is 20.8. The number of hydrogen-bond acceptors (Lipinski definition) is 8. The van der Waals surface area contributed by atoms with E-state index in [1.807, 2.05) is 0 Å².